The molecule has 2 N–H and O–H groups in total. The predicted molar refractivity (Wildman–Crippen MR) is 100 cm³/mol. The van der Waals surface area contributed by atoms with Crippen LogP contribution in [0.1, 0.15) is 33.9 Å². The third-order valence-electron chi connectivity index (χ3n) is 4.08. The summed E-state index contributed by atoms with van der Waals surface area (Å²) in [6.45, 7) is 0. The van der Waals surface area contributed by atoms with Crippen molar-refractivity contribution in [1.29, 1.82) is 0 Å². The first-order valence-corrected chi connectivity index (χ1v) is 8.83. The molecule has 0 atom stereocenters. The molecule has 8 heteroatoms. The zero-order valence-corrected chi connectivity index (χ0v) is 15.0. The molecule has 1 aliphatic carbocycles. The number of pyridine rings is 1. The lowest BCUT2D eigenvalue weighted by atomic mass is 10.3. The first kappa shape index (κ1) is 16.9. The molecule has 6 nitrogen and oxygen atoms in total. The zero-order chi connectivity index (χ0) is 18.3. The summed E-state index contributed by atoms with van der Waals surface area (Å²) in [5.74, 6) is -0.591. The van der Waals surface area contributed by atoms with E-state index in [-0.39, 0.29) is 28.5 Å². The SMILES string of the molecule is O=C(Nc1cccc(Cl)c1Cl)c1nc(C(=O)NC2CC2)n2ccccc12. The van der Waals surface area contributed by atoms with E-state index < -0.39 is 5.91 Å². The van der Waals surface area contributed by atoms with Crippen LogP contribution in [0.2, 0.25) is 10.0 Å². The number of rotatable bonds is 4. The molecule has 1 saturated carbocycles. The van der Waals surface area contributed by atoms with Crippen LogP contribution in [0.4, 0.5) is 5.69 Å². The Morgan fingerprint density at radius 2 is 1.88 bits per heavy atom. The van der Waals surface area contributed by atoms with Crippen molar-refractivity contribution in [3.8, 4) is 0 Å². The summed E-state index contributed by atoms with van der Waals surface area (Å²) in [7, 11) is 0. The van der Waals surface area contributed by atoms with Crippen LogP contribution in [0.15, 0.2) is 42.6 Å². The summed E-state index contributed by atoms with van der Waals surface area (Å²) in [6.07, 6.45) is 3.64. The van der Waals surface area contributed by atoms with Gasteiger partial charge in [-0.2, -0.15) is 0 Å². The summed E-state index contributed by atoms with van der Waals surface area (Å²) < 4.78 is 1.60. The highest BCUT2D eigenvalue weighted by Crippen LogP contribution is 2.30. The van der Waals surface area contributed by atoms with Crippen LogP contribution in [0.3, 0.4) is 0 Å². The van der Waals surface area contributed by atoms with Gasteiger partial charge in [0.2, 0.25) is 5.82 Å². The third kappa shape index (κ3) is 3.13. The Balaban J connectivity index is 1.70. The lowest BCUT2D eigenvalue weighted by Crippen LogP contribution is -2.27. The topological polar surface area (TPSA) is 75.5 Å². The molecule has 2 heterocycles. The number of fused-ring (bicyclic) bond motifs is 1. The lowest BCUT2D eigenvalue weighted by Gasteiger charge is -2.07. The first-order valence-electron chi connectivity index (χ1n) is 8.08. The van der Waals surface area contributed by atoms with E-state index in [9.17, 15) is 9.59 Å². The van der Waals surface area contributed by atoms with Crippen molar-refractivity contribution in [2.24, 2.45) is 0 Å². The highest BCUT2D eigenvalue weighted by atomic mass is 35.5. The highest BCUT2D eigenvalue weighted by molar-refractivity contribution is 6.44. The summed E-state index contributed by atoms with van der Waals surface area (Å²) in [5.41, 5.74) is 1.05. The fraction of sp³-hybridized carbons (Fsp3) is 0.167. The molecule has 0 aliphatic heterocycles. The Bertz CT molecular complexity index is 1030. The number of amides is 2. The number of hydrogen-bond donors (Lipinski definition) is 2. The maximum absolute atomic E-state index is 12.7. The van der Waals surface area contributed by atoms with Crippen molar-refractivity contribution in [2.45, 2.75) is 18.9 Å². The van der Waals surface area contributed by atoms with E-state index in [1.165, 1.54) is 0 Å². The van der Waals surface area contributed by atoms with Crippen molar-refractivity contribution in [1.82, 2.24) is 14.7 Å². The number of anilines is 1. The monoisotopic (exact) mass is 388 g/mol. The van der Waals surface area contributed by atoms with Crippen molar-refractivity contribution in [3.63, 3.8) is 0 Å². The van der Waals surface area contributed by atoms with E-state index >= 15 is 0 Å². The highest BCUT2D eigenvalue weighted by Gasteiger charge is 2.27. The summed E-state index contributed by atoms with van der Waals surface area (Å²) >= 11 is 12.1. The molecule has 3 aromatic rings. The van der Waals surface area contributed by atoms with E-state index in [0.717, 1.165) is 12.8 Å². The second kappa shape index (κ2) is 6.63. The molecule has 0 radical (unpaired) electrons. The number of halogens is 2. The quantitative estimate of drug-likeness (QED) is 0.713. The second-order valence-electron chi connectivity index (χ2n) is 6.04. The van der Waals surface area contributed by atoms with Crippen molar-refractivity contribution in [3.05, 3.63) is 64.2 Å². The average Bonchev–Trinajstić information content (AvgIpc) is 3.35. The van der Waals surface area contributed by atoms with Crippen LogP contribution in [0.25, 0.3) is 5.52 Å². The molecule has 1 aromatic carbocycles. The number of nitrogens with one attached hydrogen (secondary N) is 2. The molecule has 132 valence electrons. The third-order valence-corrected chi connectivity index (χ3v) is 4.90. The standard InChI is InChI=1S/C18H14Cl2N4O2/c19-11-4-3-5-12(14(11)20)22-17(25)15-13-6-1-2-9-24(13)16(23-15)18(26)21-10-7-8-10/h1-6,9-10H,7-8H2,(H,21,26)(H,22,25). The Labute approximate surface area is 159 Å². The van der Waals surface area contributed by atoms with Crippen molar-refractivity contribution >= 4 is 46.2 Å². The van der Waals surface area contributed by atoms with Crippen LogP contribution in [0.5, 0.6) is 0 Å². The van der Waals surface area contributed by atoms with Gasteiger partial charge in [-0.3, -0.25) is 14.0 Å². The number of carbonyl (C=O) groups is 2. The summed E-state index contributed by atoms with van der Waals surface area (Å²) in [6, 6.07) is 10.4. The summed E-state index contributed by atoms with van der Waals surface area (Å²) in [5, 5.41) is 6.17. The summed E-state index contributed by atoms with van der Waals surface area (Å²) in [4.78, 5) is 29.5. The molecule has 0 bridgehead atoms. The van der Waals surface area contributed by atoms with E-state index in [2.05, 4.69) is 15.6 Å². The van der Waals surface area contributed by atoms with E-state index in [1.54, 1.807) is 47.0 Å². The molecule has 1 fully saturated rings. The number of aromatic nitrogens is 2. The van der Waals surface area contributed by atoms with Crippen molar-refractivity contribution < 1.29 is 9.59 Å². The average molecular weight is 389 g/mol. The van der Waals surface area contributed by atoms with Gasteiger partial charge < -0.3 is 10.6 Å². The number of benzene rings is 1. The molecular formula is C18H14Cl2N4O2. The molecule has 26 heavy (non-hydrogen) atoms. The van der Waals surface area contributed by atoms with Crippen LogP contribution in [-0.2, 0) is 0 Å². The first-order chi connectivity index (χ1) is 12.5. The van der Waals surface area contributed by atoms with Gasteiger partial charge in [0.05, 0.1) is 21.2 Å². The minimum Gasteiger partial charge on any atom is -0.347 e. The molecule has 0 saturated heterocycles. The van der Waals surface area contributed by atoms with Crippen molar-refractivity contribution in [2.75, 3.05) is 5.32 Å². The minimum absolute atomic E-state index is 0.141. The molecule has 2 aromatic heterocycles. The van der Waals surface area contributed by atoms with Gasteiger partial charge in [0.25, 0.3) is 11.8 Å². The number of nitrogens with zero attached hydrogens (tertiary/aromatic N) is 2. The van der Waals surface area contributed by atoms with Crippen LogP contribution in [-0.4, -0.2) is 27.2 Å². The number of carbonyl (C=O) groups excluding carboxylic acids is 2. The molecular weight excluding hydrogens is 375 g/mol. The van der Waals surface area contributed by atoms with Gasteiger partial charge in [-0.25, -0.2) is 4.98 Å². The molecule has 2 amide bonds. The number of hydrogen-bond acceptors (Lipinski definition) is 3. The Kier molecular flexibility index (Phi) is 4.30. The van der Waals surface area contributed by atoms with Gasteiger partial charge >= 0.3 is 0 Å². The Morgan fingerprint density at radius 3 is 2.65 bits per heavy atom. The van der Waals surface area contributed by atoms with Gasteiger partial charge in [-0.15, -0.1) is 0 Å². The molecule has 4 rings (SSSR count). The van der Waals surface area contributed by atoms with Gasteiger partial charge in [0, 0.05) is 12.2 Å². The lowest BCUT2D eigenvalue weighted by molar-refractivity contribution is 0.0940. The number of imidazole rings is 1. The minimum atomic E-state index is -0.469. The molecule has 0 unspecified atom stereocenters. The predicted octanol–water partition coefficient (Wildman–Crippen LogP) is 3.79. The van der Waals surface area contributed by atoms with Crippen LogP contribution >= 0.6 is 23.2 Å². The second-order valence-corrected chi connectivity index (χ2v) is 6.83. The fourth-order valence-electron chi connectivity index (χ4n) is 2.62. The fourth-order valence-corrected chi connectivity index (χ4v) is 2.97. The molecule has 1 aliphatic rings. The van der Waals surface area contributed by atoms with Crippen LogP contribution in [0, 0.1) is 0 Å². The molecule has 0 spiro atoms. The largest absolute Gasteiger partial charge is 0.347 e. The maximum atomic E-state index is 12.7. The van der Waals surface area contributed by atoms with Crippen LogP contribution < -0.4 is 10.6 Å². The normalized spacial score (nSPS) is 13.6. The Hall–Kier alpha value is -2.57. The van der Waals surface area contributed by atoms with Gasteiger partial charge in [0.1, 0.15) is 0 Å². The Morgan fingerprint density at radius 1 is 1.08 bits per heavy atom. The van der Waals surface area contributed by atoms with E-state index in [1.807, 2.05) is 0 Å². The van der Waals surface area contributed by atoms with Gasteiger partial charge in [-0.05, 0) is 37.1 Å². The van der Waals surface area contributed by atoms with Gasteiger partial charge in [0.15, 0.2) is 5.69 Å². The smallest absolute Gasteiger partial charge is 0.287 e. The van der Waals surface area contributed by atoms with E-state index in [0.29, 0.717) is 16.2 Å². The van der Waals surface area contributed by atoms with Gasteiger partial charge in [-0.1, -0.05) is 35.3 Å². The zero-order valence-electron chi connectivity index (χ0n) is 13.5. The van der Waals surface area contributed by atoms with E-state index in [4.69, 9.17) is 23.2 Å². The maximum Gasteiger partial charge on any atom is 0.287 e.